The number of nitrogens with zero attached hydrogens (tertiary/aromatic N) is 2. The summed E-state index contributed by atoms with van der Waals surface area (Å²) in [7, 11) is 0. The number of carbonyl (C=O) groups excluding carboxylic acids is 1. The van der Waals surface area contributed by atoms with E-state index >= 15 is 0 Å². The third kappa shape index (κ3) is 8.82. The summed E-state index contributed by atoms with van der Waals surface area (Å²) in [5, 5.41) is 2.59. The number of hydrogen-bond donors (Lipinski definition) is 1. The molecule has 5 nitrogen and oxygen atoms in total. The van der Waals surface area contributed by atoms with Crippen molar-refractivity contribution in [3.05, 3.63) is 166 Å². The molecule has 0 saturated carbocycles. The fourth-order valence-electron chi connectivity index (χ4n) is 5.77. The van der Waals surface area contributed by atoms with Crippen molar-refractivity contribution < 1.29 is 22.7 Å². The standard InChI is InChI=1S/C39H37ClF3N3O2/c1-38(31-15-4-2-5-16-31,32-17-6-3-7-18-32)46(28-30-14-11-21-35(37(30)40)39(41,42)43)23-12-24-48-34-20-10-13-29(25-34)26-36(47)45-27-33-19-8-9-22-44-33/h2-11,13-22,25H,12,23-24,26-28H2,1H3,(H,45,47). The second-order valence-electron chi connectivity index (χ2n) is 11.6. The van der Waals surface area contributed by atoms with E-state index in [4.69, 9.17) is 16.3 Å². The van der Waals surface area contributed by atoms with Gasteiger partial charge >= 0.3 is 6.18 Å². The monoisotopic (exact) mass is 671 g/mol. The van der Waals surface area contributed by atoms with Gasteiger partial charge in [0.1, 0.15) is 5.75 Å². The highest BCUT2D eigenvalue weighted by Crippen LogP contribution is 2.40. The number of pyridine rings is 1. The Morgan fingerprint density at radius 1 is 0.854 bits per heavy atom. The number of alkyl halides is 3. The molecule has 0 aliphatic rings. The second-order valence-corrected chi connectivity index (χ2v) is 12.0. The molecular weight excluding hydrogens is 635 g/mol. The lowest BCUT2D eigenvalue weighted by atomic mass is 9.82. The van der Waals surface area contributed by atoms with Gasteiger partial charge in [0.2, 0.25) is 5.91 Å². The van der Waals surface area contributed by atoms with Gasteiger partial charge in [0.05, 0.1) is 41.4 Å². The number of amides is 1. The molecule has 0 saturated heterocycles. The number of rotatable bonds is 14. The Bertz CT molecular complexity index is 1730. The lowest BCUT2D eigenvalue weighted by Gasteiger charge is -2.43. The molecule has 5 aromatic rings. The molecule has 0 spiro atoms. The van der Waals surface area contributed by atoms with Crippen molar-refractivity contribution in [1.29, 1.82) is 0 Å². The smallest absolute Gasteiger partial charge is 0.417 e. The molecule has 1 aromatic heterocycles. The molecule has 4 aromatic carbocycles. The number of ether oxygens (including phenoxy) is 1. The molecule has 0 unspecified atom stereocenters. The number of hydrogen-bond acceptors (Lipinski definition) is 4. The first-order valence-corrected chi connectivity index (χ1v) is 16.1. The highest BCUT2D eigenvalue weighted by molar-refractivity contribution is 6.32. The summed E-state index contributed by atoms with van der Waals surface area (Å²) in [5.74, 6) is 0.509. The maximum Gasteiger partial charge on any atom is 0.417 e. The average molecular weight is 672 g/mol. The van der Waals surface area contributed by atoms with Crippen molar-refractivity contribution in [2.24, 2.45) is 0 Å². The number of benzene rings is 4. The van der Waals surface area contributed by atoms with Crippen LogP contribution in [0.2, 0.25) is 5.02 Å². The molecule has 0 radical (unpaired) electrons. The van der Waals surface area contributed by atoms with Gasteiger partial charge in [-0.2, -0.15) is 13.2 Å². The molecule has 0 aliphatic carbocycles. The zero-order valence-electron chi connectivity index (χ0n) is 26.6. The molecule has 0 fully saturated rings. The van der Waals surface area contributed by atoms with Crippen molar-refractivity contribution in [3.8, 4) is 5.75 Å². The van der Waals surface area contributed by atoms with Crippen LogP contribution in [0.1, 0.15) is 46.9 Å². The zero-order valence-corrected chi connectivity index (χ0v) is 27.3. The maximum absolute atomic E-state index is 13.8. The first-order chi connectivity index (χ1) is 23.1. The molecular formula is C39H37ClF3N3O2. The number of carbonyl (C=O) groups is 1. The minimum atomic E-state index is -4.57. The van der Waals surface area contributed by atoms with Gasteiger partial charge in [-0.3, -0.25) is 14.7 Å². The Morgan fingerprint density at radius 3 is 2.17 bits per heavy atom. The van der Waals surface area contributed by atoms with Gasteiger partial charge in [0.25, 0.3) is 0 Å². The summed E-state index contributed by atoms with van der Waals surface area (Å²) in [5.41, 5.74) is 2.41. The van der Waals surface area contributed by atoms with Crippen LogP contribution in [0.3, 0.4) is 0 Å². The highest BCUT2D eigenvalue weighted by Gasteiger charge is 2.38. The van der Waals surface area contributed by atoms with E-state index in [2.05, 4.69) is 22.1 Å². The average Bonchev–Trinajstić information content (AvgIpc) is 3.10. The van der Waals surface area contributed by atoms with E-state index in [0.29, 0.717) is 37.4 Å². The van der Waals surface area contributed by atoms with Gasteiger partial charge in [0.15, 0.2) is 0 Å². The van der Waals surface area contributed by atoms with Crippen LogP contribution in [0.4, 0.5) is 13.2 Å². The predicted octanol–water partition coefficient (Wildman–Crippen LogP) is 8.85. The normalized spacial score (nSPS) is 11.8. The van der Waals surface area contributed by atoms with Crippen molar-refractivity contribution in [2.45, 2.75) is 44.6 Å². The lowest BCUT2D eigenvalue weighted by molar-refractivity contribution is -0.137. The Morgan fingerprint density at radius 2 is 1.52 bits per heavy atom. The van der Waals surface area contributed by atoms with Gasteiger partial charge in [0, 0.05) is 19.3 Å². The van der Waals surface area contributed by atoms with Crippen molar-refractivity contribution in [2.75, 3.05) is 13.2 Å². The number of nitrogens with one attached hydrogen (secondary N) is 1. The van der Waals surface area contributed by atoms with E-state index in [1.165, 1.54) is 6.07 Å². The minimum absolute atomic E-state index is 0.122. The minimum Gasteiger partial charge on any atom is -0.494 e. The summed E-state index contributed by atoms with van der Waals surface area (Å²) in [6.45, 7) is 3.45. The molecule has 1 amide bonds. The second kappa shape index (κ2) is 16.0. The Labute approximate surface area is 284 Å². The lowest BCUT2D eigenvalue weighted by Crippen LogP contribution is -2.45. The summed E-state index contributed by atoms with van der Waals surface area (Å²) < 4.78 is 47.5. The van der Waals surface area contributed by atoms with E-state index in [-0.39, 0.29) is 23.9 Å². The van der Waals surface area contributed by atoms with Gasteiger partial charge in [-0.25, -0.2) is 0 Å². The summed E-state index contributed by atoms with van der Waals surface area (Å²) in [4.78, 5) is 18.9. The first kappa shape index (κ1) is 34.7. The van der Waals surface area contributed by atoms with E-state index in [1.807, 2.05) is 103 Å². The molecule has 48 heavy (non-hydrogen) atoms. The van der Waals surface area contributed by atoms with Gasteiger partial charge in [-0.05, 0) is 65.9 Å². The summed E-state index contributed by atoms with van der Waals surface area (Å²) in [6.07, 6.45) is -2.11. The Kier molecular flexibility index (Phi) is 11.5. The molecule has 9 heteroatoms. The molecule has 0 aliphatic heterocycles. The SMILES string of the molecule is CC(c1ccccc1)(c1ccccc1)N(CCCOc1cccc(CC(=O)NCc2ccccn2)c1)Cc1cccc(C(F)(F)F)c1Cl. The third-order valence-electron chi connectivity index (χ3n) is 8.35. The quantitative estimate of drug-likeness (QED) is 0.120. The fraction of sp³-hybridized carbons (Fsp3) is 0.231. The van der Waals surface area contributed by atoms with Crippen molar-refractivity contribution in [3.63, 3.8) is 0 Å². The van der Waals surface area contributed by atoms with Crippen LogP contribution < -0.4 is 10.1 Å². The Balaban J connectivity index is 1.32. The van der Waals surface area contributed by atoms with Crippen LogP contribution in [0, 0.1) is 0 Å². The highest BCUT2D eigenvalue weighted by atomic mass is 35.5. The van der Waals surface area contributed by atoms with E-state index in [1.54, 1.807) is 12.3 Å². The van der Waals surface area contributed by atoms with Crippen molar-refractivity contribution in [1.82, 2.24) is 15.2 Å². The topological polar surface area (TPSA) is 54.5 Å². The molecule has 1 heterocycles. The zero-order chi connectivity index (χ0) is 34.0. The number of halogens is 4. The van der Waals surface area contributed by atoms with Crippen LogP contribution in [0.25, 0.3) is 0 Å². The molecule has 1 N–H and O–H groups in total. The van der Waals surface area contributed by atoms with Gasteiger partial charge in [-0.1, -0.05) is 103 Å². The summed E-state index contributed by atoms with van der Waals surface area (Å²) >= 11 is 6.42. The van der Waals surface area contributed by atoms with Crippen LogP contribution in [-0.2, 0) is 36.0 Å². The van der Waals surface area contributed by atoms with Crippen LogP contribution in [-0.4, -0.2) is 28.9 Å². The Hall–Kier alpha value is -4.66. The molecule has 0 atom stereocenters. The fourth-order valence-corrected chi connectivity index (χ4v) is 6.07. The number of aromatic nitrogens is 1. The van der Waals surface area contributed by atoms with Crippen LogP contribution >= 0.6 is 11.6 Å². The largest absolute Gasteiger partial charge is 0.494 e. The summed E-state index contributed by atoms with van der Waals surface area (Å²) in [6, 6.07) is 36.9. The van der Waals surface area contributed by atoms with Crippen LogP contribution in [0.5, 0.6) is 5.75 Å². The van der Waals surface area contributed by atoms with E-state index in [9.17, 15) is 18.0 Å². The van der Waals surface area contributed by atoms with Crippen molar-refractivity contribution >= 4 is 17.5 Å². The maximum atomic E-state index is 13.8. The molecule has 5 rings (SSSR count). The third-order valence-corrected chi connectivity index (χ3v) is 8.79. The molecule has 0 bridgehead atoms. The molecule has 248 valence electrons. The first-order valence-electron chi connectivity index (χ1n) is 15.7. The van der Waals surface area contributed by atoms with E-state index in [0.717, 1.165) is 28.5 Å². The van der Waals surface area contributed by atoms with Gasteiger partial charge < -0.3 is 10.1 Å². The van der Waals surface area contributed by atoms with Crippen LogP contribution in [0.15, 0.2) is 128 Å². The van der Waals surface area contributed by atoms with E-state index < -0.39 is 17.3 Å². The predicted molar refractivity (Wildman–Crippen MR) is 183 cm³/mol. The van der Waals surface area contributed by atoms with Gasteiger partial charge in [-0.15, -0.1) is 0 Å².